The zero-order chi connectivity index (χ0) is 10.1. The van der Waals surface area contributed by atoms with E-state index in [-0.39, 0.29) is 5.92 Å². The van der Waals surface area contributed by atoms with Gasteiger partial charge >= 0.3 is 5.97 Å². The average Bonchev–Trinajstić information content (AvgIpc) is 2.60. The minimum atomic E-state index is -0.910. The van der Waals surface area contributed by atoms with Gasteiger partial charge in [0.25, 0.3) is 0 Å². The molecule has 0 aromatic heterocycles. The molecular formula is C11H13NO2. The Kier molecular flexibility index (Phi) is 2.25. The first-order chi connectivity index (χ1) is 6.70. The van der Waals surface area contributed by atoms with Crippen LogP contribution in [-0.4, -0.2) is 17.1 Å². The van der Waals surface area contributed by atoms with Crippen molar-refractivity contribution in [3.8, 4) is 0 Å². The van der Waals surface area contributed by atoms with E-state index in [0.717, 1.165) is 18.4 Å². The Morgan fingerprint density at radius 3 is 2.93 bits per heavy atom. The molecule has 3 heteroatoms. The predicted molar refractivity (Wildman–Crippen MR) is 53.1 cm³/mol. The van der Waals surface area contributed by atoms with Crippen LogP contribution in [0.3, 0.4) is 0 Å². The Hall–Kier alpha value is -1.35. The van der Waals surface area contributed by atoms with Gasteiger partial charge in [-0.2, -0.15) is 0 Å². The molecule has 1 unspecified atom stereocenters. The van der Waals surface area contributed by atoms with Crippen molar-refractivity contribution >= 4 is 5.97 Å². The molecule has 0 radical (unpaired) electrons. The van der Waals surface area contributed by atoms with Crippen molar-refractivity contribution < 1.29 is 9.90 Å². The summed E-state index contributed by atoms with van der Waals surface area (Å²) in [5, 5.41) is 8.84. The minimum Gasteiger partial charge on any atom is -0.480 e. The third-order valence-corrected chi connectivity index (χ3v) is 2.90. The van der Waals surface area contributed by atoms with Crippen molar-refractivity contribution in [2.75, 3.05) is 0 Å². The molecule has 0 saturated carbocycles. The van der Waals surface area contributed by atoms with Crippen LogP contribution in [0.25, 0.3) is 0 Å². The molecule has 1 aliphatic carbocycles. The zero-order valence-electron chi connectivity index (χ0n) is 7.81. The maximum absolute atomic E-state index is 10.8. The molecule has 1 aromatic rings. The van der Waals surface area contributed by atoms with Gasteiger partial charge in [0.2, 0.25) is 0 Å². The number of carboxylic acids is 1. The van der Waals surface area contributed by atoms with Gasteiger partial charge in [-0.3, -0.25) is 4.79 Å². The molecule has 0 saturated heterocycles. The number of hydrogen-bond donors (Lipinski definition) is 2. The molecule has 0 spiro atoms. The van der Waals surface area contributed by atoms with Gasteiger partial charge in [-0.1, -0.05) is 24.3 Å². The number of carbonyl (C=O) groups is 1. The fourth-order valence-corrected chi connectivity index (χ4v) is 2.14. The second kappa shape index (κ2) is 3.42. The highest BCUT2D eigenvalue weighted by Gasteiger charge is 2.31. The van der Waals surface area contributed by atoms with Crippen LogP contribution in [-0.2, 0) is 11.2 Å². The average molecular weight is 191 g/mol. The van der Waals surface area contributed by atoms with E-state index in [1.165, 1.54) is 5.56 Å². The number of aliphatic carboxylic acids is 1. The molecule has 0 amide bonds. The Morgan fingerprint density at radius 2 is 2.21 bits per heavy atom. The largest absolute Gasteiger partial charge is 0.480 e. The smallest absolute Gasteiger partial charge is 0.321 e. The molecule has 3 nitrogen and oxygen atoms in total. The van der Waals surface area contributed by atoms with E-state index < -0.39 is 12.0 Å². The third kappa shape index (κ3) is 1.40. The number of rotatable bonds is 2. The van der Waals surface area contributed by atoms with E-state index in [2.05, 4.69) is 0 Å². The number of hydrogen-bond acceptors (Lipinski definition) is 2. The minimum absolute atomic E-state index is 0.0105. The third-order valence-electron chi connectivity index (χ3n) is 2.90. The van der Waals surface area contributed by atoms with E-state index in [4.69, 9.17) is 10.8 Å². The number of aryl methyl sites for hydroxylation is 1. The van der Waals surface area contributed by atoms with E-state index in [9.17, 15) is 4.79 Å². The van der Waals surface area contributed by atoms with Crippen molar-refractivity contribution in [3.63, 3.8) is 0 Å². The number of benzene rings is 1. The Balaban J connectivity index is 2.30. The summed E-state index contributed by atoms with van der Waals surface area (Å²) < 4.78 is 0. The van der Waals surface area contributed by atoms with Crippen LogP contribution >= 0.6 is 0 Å². The van der Waals surface area contributed by atoms with Crippen LogP contribution in [0.15, 0.2) is 24.3 Å². The van der Waals surface area contributed by atoms with Crippen LogP contribution in [0.2, 0.25) is 0 Å². The van der Waals surface area contributed by atoms with Gasteiger partial charge in [0, 0.05) is 5.92 Å². The second-order valence-corrected chi connectivity index (χ2v) is 3.71. The fourth-order valence-electron chi connectivity index (χ4n) is 2.14. The van der Waals surface area contributed by atoms with Crippen molar-refractivity contribution in [1.29, 1.82) is 0 Å². The Morgan fingerprint density at radius 1 is 1.50 bits per heavy atom. The summed E-state index contributed by atoms with van der Waals surface area (Å²) in [5.74, 6) is -0.921. The summed E-state index contributed by atoms with van der Waals surface area (Å²) in [6.07, 6.45) is 1.80. The van der Waals surface area contributed by atoms with Crippen LogP contribution in [0, 0.1) is 0 Å². The SMILES string of the molecule is N[C@@H](C(=O)O)C1CCc2ccccc21. The fraction of sp³-hybridized carbons (Fsp3) is 0.364. The van der Waals surface area contributed by atoms with Crippen molar-refractivity contribution in [2.24, 2.45) is 5.73 Å². The summed E-state index contributed by atoms with van der Waals surface area (Å²) in [6, 6.07) is 7.18. The molecule has 1 aromatic carbocycles. The predicted octanol–water partition coefficient (Wildman–Crippen LogP) is 1.13. The molecule has 2 rings (SSSR count). The van der Waals surface area contributed by atoms with Gasteiger partial charge in [-0.25, -0.2) is 0 Å². The monoisotopic (exact) mass is 191 g/mol. The van der Waals surface area contributed by atoms with Gasteiger partial charge in [0.1, 0.15) is 6.04 Å². The van der Waals surface area contributed by atoms with Crippen LogP contribution in [0.1, 0.15) is 23.5 Å². The number of nitrogens with two attached hydrogens (primary N) is 1. The van der Waals surface area contributed by atoms with E-state index >= 15 is 0 Å². The zero-order valence-corrected chi connectivity index (χ0v) is 7.81. The van der Waals surface area contributed by atoms with Crippen molar-refractivity contribution in [1.82, 2.24) is 0 Å². The molecular weight excluding hydrogens is 178 g/mol. The van der Waals surface area contributed by atoms with E-state index in [1.807, 2.05) is 24.3 Å². The molecule has 2 atom stereocenters. The highest BCUT2D eigenvalue weighted by Crippen LogP contribution is 2.34. The van der Waals surface area contributed by atoms with E-state index in [1.54, 1.807) is 0 Å². The molecule has 0 fully saturated rings. The summed E-state index contributed by atoms with van der Waals surface area (Å²) in [6.45, 7) is 0. The van der Waals surface area contributed by atoms with Gasteiger partial charge in [0.05, 0.1) is 0 Å². The first-order valence-electron chi connectivity index (χ1n) is 4.76. The molecule has 0 bridgehead atoms. The molecule has 3 N–H and O–H groups in total. The van der Waals surface area contributed by atoms with Crippen molar-refractivity contribution in [2.45, 2.75) is 24.8 Å². The Labute approximate surface area is 82.5 Å². The van der Waals surface area contributed by atoms with Crippen LogP contribution < -0.4 is 5.73 Å². The molecule has 0 aliphatic heterocycles. The summed E-state index contributed by atoms with van der Waals surface area (Å²) >= 11 is 0. The lowest BCUT2D eigenvalue weighted by atomic mass is 9.94. The summed E-state index contributed by atoms with van der Waals surface area (Å²) in [5.41, 5.74) is 8.00. The quantitative estimate of drug-likeness (QED) is 0.736. The molecule has 74 valence electrons. The van der Waals surface area contributed by atoms with Gasteiger partial charge in [-0.15, -0.1) is 0 Å². The second-order valence-electron chi connectivity index (χ2n) is 3.71. The lowest BCUT2D eigenvalue weighted by Gasteiger charge is -2.15. The topological polar surface area (TPSA) is 63.3 Å². The van der Waals surface area contributed by atoms with Crippen molar-refractivity contribution in [3.05, 3.63) is 35.4 Å². The first-order valence-corrected chi connectivity index (χ1v) is 4.76. The summed E-state index contributed by atoms with van der Waals surface area (Å²) in [7, 11) is 0. The Bertz CT molecular complexity index is 362. The van der Waals surface area contributed by atoms with Gasteiger partial charge in [0.15, 0.2) is 0 Å². The molecule has 0 heterocycles. The van der Waals surface area contributed by atoms with Crippen LogP contribution in [0.4, 0.5) is 0 Å². The first kappa shape index (κ1) is 9.21. The van der Waals surface area contributed by atoms with Gasteiger partial charge in [-0.05, 0) is 24.0 Å². The highest BCUT2D eigenvalue weighted by atomic mass is 16.4. The van der Waals surface area contributed by atoms with Gasteiger partial charge < -0.3 is 10.8 Å². The normalized spacial score (nSPS) is 21.6. The highest BCUT2D eigenvalue weighted by molar-refractivity contribution is 5.75. The number of carboxylic acid groups (broad SMARTS) is 1. The van der Waals surface area contributed by atoms with Crippen LogP contribution in [0.5, 0.6) is 0 Å². The molecule has 14 heavy (non-hydrogen) atoms. The maximum Gasteiger partial charge on any atom is 0.321 e. The summed E-state index contributed by atoms with van der Waals surface area (Å²) in [4.78, 5) is 10.8. The lowest BCUT2D eigenvalue weighted by molar-refractivity contribution is -0.139. The standard InChI is InChI=1S/C11H13NO2/c12-10(11(13)14)9-6-5-7-3-1-2-4-8(7)9/h1-4,9-10H,5-6,12H2,(H,13,14)/t9?,10-/m1/s1. The van der Waals surface area contributed by atoms with E-state index in [0.29, 0.717) is 0 Å². The maximum atomic E-state index is 10.8. The lowest BCUT2D eigenvalue weighted by Crippen LogP contribution is -2.35. The molecule has 1 aliphatic rings. The number of fused-ring (bicyclic) bond motifs is 1.